The fourth-order valence-electron chi connectivity index (χ4n) is 2.69. The van der Waals surface area contributed by atoms with Gasteiger partial charge in [0.25, 0.3) is 5.69 Å². The number of hydrogen-bond acceptors (Lipinski definition) is 5. The molecule has 1 N–H and O–H groups in total. The highest BCUT2D eigenvalue weighted by atomic mass is 16.6. The van der Waals surface area contributed by atoms with E-state index in [1.165, 1.54) is 0 Å². The summed E-state index contributed by atoms with van der Waals surface area (Å²) in [6.45, 7) is 1.75. The molecule has 1 atom stereocenters. The van der Waals surface area contributed by atoms with Crippen molar-refractivity contribution in [3.63, 3.8) is 0 Å². The molecule has 0 bridgehead atoms. The Bertz CT molecular complexity index is 655. The number of methoxy groups -OCH3 is 1. The molecule has 0 aromatic heterocycles. The number of non-ortho nitro benzene ring substituents is 1. The zero-order valence-corrected chi connectivity index (χ0v) is 12.2. The van der Waals surface area contributed by atoms with Crippen molar-refractivity contribution >= 4 is 11.4 Å². The van der Waals surface area contributed by atoms with Gasteiger partial charge < -0.3 is 9.64 Å². The molecular formula is C16H17N3O3. The van der Waals surface area contributed by atoms with Gasteiger partial charge in [0.2, 0.25) is 0 Å². The first-order valence-corrected chi connectivity index (χ1v) is 7.07. The first-order chi connectivity index (χ1) is 10.7. The molecule has 1 unspecified atom stereocenters. The number of nitrogens with one attached hydrogen (secondary N) is 1. The third-order valence-corrected chi connectivity index (χ3v) is 3.83. The molecule has 2 aromatic rings. The van der Waals surface area contributed by atoms with Crippen molar-refractivity contribution in [2.75, 3.05) is 25.1 Å². The number of hydrogen-bond donors (Lipinski definition) is 1. The average molecular weight is 299 g/mol. The molecule has 0 saturated carbocycles. The number of ether oxygens (including phenoxy) is 1. The summed E-state index contributed by atoms with van der Waals surface area (Å²) >= 11 is 0. The van der Waals surface area contributed by atoms with Gasteiger partial charge in [-0.2, -0.15) is 0 Å². The third-order valence-electron chi connectivity index (χ3n) is 3.83. The maximum absolute atomic E-state index is 10.7. The zero-order valence-electron chi connectivity index (χ0n) is 12.2. The number of rotatable bonds is 4. The molecule has 1 saturated heterocycles. The number of nitro groups is 1. The highest BCUT2D eigenvalue weighted by molar-refractivity contribution is 5.52. The lowest BCUT2D eigenvalue weighted by Gasteiger charge is -2.26. The van der Waals surface area contributed by atoms with Crippen molar-refractivity contribution in [2.45, 2.75) is 6.17 Å². The molecule has 114 valence electrons. The topological polar surface area (TPSA) is 67.6 Å². The van der Waals surface area contributed by atoms with Crippen molar-refractivity contribution in [2.24, 2.45) is 0 Å². The molecule has 6 nitrogen and oxygen atoms in total. The zero-order chi connectivity index (χ0) is 15.5. The molecule has 2 aromatic carbocycles. The van der Waals surface area contributed by atoms with Gasteiger partial charge in [0, 0.05) is 30.9 Å². The highest BCUT2D eigenvalue weighted by Gasteiger charge is 2.26. The first-order valence-electron chi connectivity index (χ1n) is 7.07. The van der Waals surface area contributed by atoms with Crippen molar-refractivity contribution in [3.05, 3.63) is 64.2 Å². The van der Waals surface area contributed by atoms with E-state index < -0.39 is 0 Å². The number of benzene rings is 2. The quantitative estimate of drug-likeness (QED) is 0.694. The molecule has 0 aliphatic carbocycles. The van der Waals surface area contributed by atoms with Gasteiger partial charge in [0.1, 0.15) is 11.9 Å². The minimum Gasteiger partial charge on any atom is -0.497 e. The van der Waals surface area contributed by atoms with Crippen LogP contribution in [-0.4, -0.2) is 25.1 Å². The molecule has 1 heterocycles. The molecule has 22 heavy (non-hydrogen) atoms. The van der Waals surface area contributed by atoms with E-state index in [2.05, 4.69) is 10.2 Å². The van der Waals surface area contributed by atoms with Crippen molar-refractivity contribution in [3.8, 4) is 5.75 Å². The Balaban J connectivity index is 1.84. The summed E-state index contributed by atoms with van der Waals surface area (Å²) in [6.07, 6.45) is 0.0224. The van der Waals surface area contributed by atoms with Crippen LogP contribution in [0.25, 0.3) is 0 Å². The van der Waals surface area contributed by atoms with E-state index in [9.17, 15) is 10.1 Å². The van der Waals surface area contributed by atoms with Crippen molar-refractivity contribution in [1.29, 1.82) is 0 Å². The van der Waals surface area contributed by atoms with Crippen LogP contribution >= 0.6 is 0 Å². The Hall–Kier alpha value is -2.60. The van der Waals surface area contributed by atoms with Gasteiger partial charge in [-0.05, 0) is 42.0 Å². The molecule has 0 radical (unpaired) electrons. The van der Waals surface area contributed by atoms with Gasteiger partial charge >= 0.3 is 0 Å². The van der Waals surface area contributed by atoms with Crippen LogP contribution in [0, 0.1) is 10.1 Å². The summed E-state index contributed by atoms with van der Waals surface area (Å²) in [6, 6.07) is 14.6. The maximum atomic E-state index is 10.7. The van der Waals surface area contributed by atoms with Gasteiger partial charge in [-0.1, -0.05) is 0 Å². The molecule has 1 fully saturated rings. The Morgan fingerprint density at radius 1 is 1.18 bits per heavy atom. The minimum atomic E-state index is -0.382. The van der Waals surface area contributed by atoms with Crippen LogP contribution in [0.2, 0.25) is 0 Å². The third kappa shape index (κ3) is 2.73. The summed E-state index contributed by atoms with van der Waals surface area (Å²) in [5.41, 5.74) is 2.21. The largest absolute Gasteiger partial charge is 0.497 e. The van der Waals surface area contributed by atoms with Crippen LogP contribution in [0.1, 0.15) is 11.7 Å². The van der Waals surface area contributed by atoms with Gasteiger partial charge in [-0.25, -0.2) is 0 Å². The van der Waals surface area contributed by atoms with Gasteiger partial charge in [0.05, 0.1) is 12.0 Å². The van der Waals surface area contributed by atoms with Crippen LogP contribution in [0.5, 0.6) is 5.75 Å². The fraction of sp³-hybridized carbons (Fsp3) is 0.250. The molecule has 1 aliphatic rings. The summed E-state index contributed by atoms with van der Waals surface area (Å²) in [5, 5.41) is 14.2. The number of nitrogens with zero attached hydrogens (tertiary/aromatic N) is 2. The highest BCUT2D eigenvalue weighted by Crippen LogP contribution is 2.30. The Morgan fingerprint density at radius 3 is 2.45 bits per heavy atom. The first kappa shape index (κ1) is 14.3. The lowest BCUT2D eigenvalue weighted by Crippen LogP contribution is -2.27. The fourth-order valence-corrected chi connectivity index (χ4v) is 2.69. The van der Waals surface area contributed by atoms with Gasteiger partial charge in [0.15, 0.2) is 0 Å². The molecule has 6 heteroatoms. The van der Waals surface area contributed by atoms with Crippen LogP contribution in [0.4, 0.5) is 11.4 Å². The molecular weight excluding hydrogens is 282 g/mol. The van der Waals surface area contributed by atoms with E-state index in [1.807, 2.05) is 24.3 Å². The van der Waals surface area contributed by atoms with E-state index in [0.717, 1.165) is 30.1 Å². The molecule has 1 aliphatic heterocycles. The predicted molar refractivity (Wildman–Crippen MR) is 84.2 cm³/mol. The van der Waals surface area contributed by atoms with Crippen LogP contribution < -0.4 is 15.0 Å². The molecule has 0 amide bonds. The minimum absolute atomic E-state index is 0.0224. The summed E-state index contributed by atoms with van der Waals surface area (Å²) in [4.78, 5) is 12.6. The Morgan fingerprint density at radius 2 is 1.86 bits per heavy atom. The Labute approximate surface area is 128 Å². The van der Waals surface area contributed by atoms with Crippen molar-refractivity contribution < 1.29 is 9.66 Å². The second-order valence-electron chi connectivity index (χ2n) is 5.10. The van der Waals surface area contributed by atoms with Gasteiger partial charge in [-0.3, -0.25) is 15.4 Å². The van der Waals surface area contributed by atoms with Crippen LogP contribution in [-0.2, 0) is 0 Å². The SMILES string of the molecule is COc1ccc(N2CCNC2c2ccc([N+](=O)[O-])cc2)cc1. The summed E-state index contributed by atoms with van der Waals surface area (Å²) in [5.74, 6) is 0.822. The second kappa shape index (κ2) is 6.03. The van der Waals surface area contributed by atoms with E-state index in [1.54, 1.807) is 31.4 Å². The van der Waals surface area contributed by atoms with E-state index in [4.69, 9.17) is 4.74 Å². The monoisotopic (exact) mass is 299 g/mol. The Kier molecular flexibility index (Phi) is 3.93. The van der Waals surface area contributed by atoms with Crippen LogP contribution in [0.15, 0.2) is 48.5 Å². The van der Waals surface area contributed by atoms with E-state index in [-0.39, 0.29) is 16.8 Å². The second-order valence-corrected chi connectivity index (χ2v) is 5.10. The smallest absolute Gasteiger partial charge is 0.269 e. The van der Waals surface area contributed by atoms with Crippen LogP contribution in [0.3, 0.4) is 0 Å². The molecule has 3 rings (SSSR count). The summed E-state index contributed by atoms with van der Waals surface area (Å²) < 4.78 is 5.18. The van der Waals surface area contributed by atoms with Gasteiger partial charge in [-0.15, -0.1) is 0 Å². The van der Waals surface area contributed by atoms with E-state index >= 15 is 0 Å². The normalized spacial score (nSPS) is 17.5. The summed E-state index contributed by atoms with van der Waals surface area (Å²) in [7, 11) is 1.64. The number of anilines is 1. The number of nitro benzene ring substituents is 1. The lowest BCUT2D eigenvalue weighted by atomic mass is 10.1. The predicted octanol–water partition coefficient (Wildman–Crippen LogP) is 2.71. The van der Waals surface area contributed by atoms with E-state index in [0.29, 0.717) is 0 Å². The maximum Gasteiger partial charge on any atom is 0.269 e. The average Bonchev–Trinajstić information content (AvgIpc) is 3.04. The standard InChI is InChI=1S/C16H17N3O3/c1-22-15-8-6-13(7-9-15)18-11-10-17-16(18)12-2-4-14(5-3-12)19(20)21/h2-9,16-17H,10-11H2,1H3. The lowest BCUT2D eigenvalue weighted by molar-refractivity contribution is -0.384. The molecule has 0 spiro atoms. The van der Waals surface area contributed by atoms with Crippen molar-refractivity contribution in [1.82, 2.24) is 5.32 Å².